The van der Waals surface area contributed by atoms with Gasteiger partial charge in [0.2, 0.25) is 11.8 Å². The van der Waals surface area contributed by atoms with Crippen LogP contribution < -0.4 is 5.32 Å². The van der Waals surface area contributed by atoms with Gasteiger partial charge in [-0.2, -0.15) is 0 Å². The number of carbonyl (C=O) groups is 4. The number of carbonyl (C=O) groups excluding carboxylic acids is 4. The third kappa shape index (κ3) is 4.05. The molecule has 0 unspecified atom stereocenters. The molecule has 1 heterocycles. The highest BCUT2D eigenvalue weighted by Crippen LogP contribution is 2.34. The standard InChI is InChI=1S/C18H17N3O7/c22-15(19-11-4-3-5-12(8-11)21(26)27)10-28-16(23)9-20-17(24)13-6-1-2-7-14(13)18(20)25/h1-5,8,13-14H,6-7,9-10H2,(H,19,22)/t13-,14-/m1/s1. The largest absolute Gasteiger partial charge is 0.454 e. The summed E-state index contributed by atoms with van der Waals surface area (Å²) in [4.78, 5) is 59.4. The highest BCUT2D eigenvalue weighted by molar-refractivity contribution is 6.07. The number of hydrogen-bond acceptors (Lipinski definition) is 7. The fraction of sp³-hybridized carbons (Fsp3) is 0.333. The number of amides is 3. The molecule has 1 saturated heterocycles. The van der Waals surface area contributed by atoms with Crippen LogP contribution in [0.15, 0.2) is 36.4 Å². The van der Waals surface area contributed by atoms with Crippen LogP contribution >= 0.6 is 0 Å². The molecular weight excluding hydrogens is 370 g/mol. The second-order valence-electron chi connectivity index (χ2n) is 6.43. The number of esters is 1. The van der Waals surface area contributed by atoms with E-state index in [4.69, 9.17) is 4.74 Å². The smallest absolute Gasteiger partial charge is 0.326 e. The Kier molecular flexibility index (Phi) is 5.48. The van der Waals surface area contributed by atoms with Gasteiger partial charge in [0, 0.05) is 17.8 Å². The van der Waals surface area contributed by atoms with Gasteiger partial charge in [-0.3, -0.25) is 34.2 Å². The molecule has 0 aromatic heterocycles. The molecule has 1 aliphatic carbocycles. The van der Waals surface area contributed by atoms with E-state index >= 15 is 0 Å². The van der Waals surface area contributed by atoms with Gasteiger partial charge >= 0.3 is 5.97 Å². The van der Waals surface area contributed by atoms with Crippen molar-refractivity contribution in [3.05, 3.63) is 46.5 Å². The van der Waals surface area contributed by atoms with Gasteiger partial charge in [0.15, 0.2) is 6.61 Å². The Hall–Kier alpha value is -3.56. The van der Waals surface area contributed by atoms with E-state index < -0.39 is 53.6 Å². The summed E-state index contributed by atoms with van der Waals surface area (Å²) >= 11 is 0. The first-order valence-electron chi connectivity index (χ1n) is 8.57. The summed E-state index contributed by atoms with van der Waals surface area (Å²) < 4.78 is 4.82. The number of ether oxygens (including phenoxy) is 1. The quantitative estimate of drug-likeness (QED) is 0.253. The molecule has 2 aliphatic rings. The predicted octanol–water partition coefficient (Wildman–Crippen LogP) is 1.03. The number of non-ortho nitro benzene ring substituents is 1. The van der Waals surface area contributed by atoms with Crippen LogP contribution in [-0.2, 0) is 23.9 Å². The van der Waals surface area contributed by atoms with E-state index in [1.807, 2.05) is 12.2 Å². The number of nitro benzene ring substituents is 1. The van der Waals surface area contributed by atoms with E-state index in [0.717, 1.165) is 11.0 Å². The molecular formula is C18H17N3O7. The van der Waals surface area contributed by atoms with Gasteiger partial charge in [-0.1, -0.05) is 18.2 Å². The second-order valence-corrected chi connectivity index (χ2v) is 6.43. The van der Waals surface area contributed by atoms with Crippen molar-refractivity contribution in [2.75, 3.05) is 18.5 Å². The molecule has 1 N–H and O–H groups in total. The fourth-order valence-corrected chi connectivity index (χ4v) is 3.24. The van der Waals surface area contributed by atoms with E-state index in [9.17, 15) is 29.3 Å². The summed E-state index contributed by atoms with van der Waals surface area (Å²) in [6, 6.07) is 5.28. The van der Waals surface area contributed by atoms with E-state index in [2.05, 4.69) is 5.32 Å². The Labute approximate surface area is 159 Å². The molecule has 1 fully saturated rings. The number of benzene rings is 1. The summed E-state index contributed by atoms with van der Waals surface area (Å²) in [6.45, 7) is -1.19. The van der Waals surface area contributed by atoms with Crippen LogP contribution in [0.1, 0.15) is 12.8 Å². The molecule has 2 atom stereocenters. The number of imide groups is 1. The Morgan fingerprint density at radius 2 is 1.82 bits per heavy atom. The average Bonchev–Trinajstić information content (AvgIpc) is 2.92. The Morgan fingerprint density at radius 3 is 2.43 bits per heavy atom. The average molecular weight is 387 g/mol. The van der Waals surface area contributed by atoms with Crippen LogP contribution in [0.4, 0.5) is 11.4 Å². The molecule has 1 aliphatic heterocycles. The third-order valence-electron chi connectivity index (χ3n) is 4.59. The first kappa shape index (κ1) is 19.2. The van der Waals surface area contributed by atoms with Crippen LogP contribution in [0.3, 0.4) is 0 Å². The minimum absolute atomic E-state index is 0.178. The van der Waals surface area contributed by atoms with E-state index in [1.54, 1.807) is 0 Å². The Bertz CT molecular complexity index is 854. The third-order valence-corrected chi connectivity index (χ3v) is 4.59. The van der Waals surface area contributed by atoms with Gasteiger partial charge in [-0.15, -0.1) is 0 Å². The summed E-state index contributed by atoms with van der Waals surface area (Å²) in [5, 5.41) is 13.1. The number of anilines is 1. The molecule has 0 spiro atoms. The highest BCUT2D eigenvalue weighted by atomic mass is 16.6. The van der Waals surface area contributed by atoms with Crippen molar-refractivity contribution in [3.8, 4) is 0 Å². The molecule has 3 amide bonds. The fourth-order valence-electron chi connectivity index (χ4n) is 3.24. The lowest BCUT2D eigenvalue weighted by Gasteiger charge is -2.14. The van der Waals surface area contributed by atoms with Crippen molar-refractivity contribution in [1.29, 1.82) is 0 Å². The number of allylic oxidation sites excluding steroid dienone is 2. The highest BCUT2D eigenvalue weighted by Gasteiger charge is 2.47. The normalized spacial score (nSPS) is 20.6. The van der Waals surface area contributed by atoms with Crippen molar-refractivity contribution >= 4 is 35.1 Å². The molecule has 10 heteroatoms. The number of nitrogens with zero attached hydrogens (tertiary/aromatic N) is 2. The molecule has 146 valence electrons. The van der Waals surface area contributed by atoms with Gasteiger partial charge in [0.25, 0.3) is 11.6 Å². The maximum atomic E-state index is 12.3. The number of nitro groups is 1. The zero-order valence-corrected chi connectivity index (χ0v) is 14.7. The van der Waals surface area contributed by atoms with Crippen LogP contribution in [0.2, 0.25) is 0 Å². The SMILES string of the molecule is O=C(COC(=O)CN1C(=O)[C@@H]2CC=CC[C@H]2C1=O)Nc1cccc([N+](=O)[O-])c1. The zero-order valence-electron chi connectivity index (χ0n) is 14.7. The lowest BCUT2D eigenvalue weighted by molar-refractivity contribution is -0.384. The maximum Gasteiger partial charge on any atom is 0.326 e. The Morgan fingerprint density at radius 1 is 1.18 bits per heavy atom. The monoisotopic (exact) mass is 387 g/mol. The van der Waals surface area contributed by atoms with Gasteiger partial charge in [0.1, 0.15) is 6.54 Å². The number of fused-ring (bicyclic) bond motifs is 1. The predicted molar refractivity (Wildman–Crippen MR) is 94.8 cm³/mol. The minimum atomic E-state index is -0.887. The summed E-state index contributed by atoms with van der Waals surface area (Å²) in [6.07, 6.45) is 4.61. The zero-order chi connectivity index (χ0) is 20.3. The van der Waals surface area contributed by atoms with E-state index in [0.29, 0.717) is 12.8 Å². The number of hydrogen-bond donors (Lipinski definition) is 1. The van der Waals surface area contributed by atoms with Crippen LogP contribution in [0, 0.1) is 22.0 Å². The minimum Gasteiger partial charge on any atom is -0.454 e. The molecule has 0 bridgehead atoms. The molecule has 1 aromatic carbocycles. The van der Waals surface area contributed by atoms with Crippen LogP contribution in [0.25, 0.3) is 0 Å². The van der Waals surface area contributed by atoms with Crippen molar-refractivity contribution < 1.29 is 28.8 Å². The molecule has 0 saturated carbocycles. The molecule has 3 rings (SSSR count). The van der Waals surface area contributed by atoms with Gasteiger partial charge in [0.05, 0.1) is 16.8 Å². The molecule has 28 heavy (non-hydrogen) atoms. The summed E-state index contributed by atoms with van der Waals surface area (Å²) in [7, 11) is 0. The van der Waals surface area contributed by atoms with Crippen molar-refractivity contribution in [1.82, 2.24) is 4.90 Å². The number of rotatable bonds is 6. The Balaban J connectivity index is 1.50. The summed E-state index contributed by atoms with van der Waals surface area (Å²) in [5.41, 5.74) is -0.0199. The van der Waals surface area contributed by atoms with Crippen LogP contribution in [-0.4, -0.2) is 46.7 Å². The lowest BCUT2D eigenvalue weighted by Crippen LogP contribution is -2.37. The molecule has 0 radical (unpaired) electrons. The van der Waals surface area contributed by atoms with Crippen molar-refractivity contribution in [2.24, 2.45) is 11.8 Å². The van der Waals surface area contributed by atoms with Gasteiger partial charge in [-0.25, -0.2) is 0 Å². The van der Waals surface area contributed by atoms with E-state index in [-0.39, 0.29) is 11.4 Å². The van der Waals surface area contributed by atoms with Gasteiger partial charge < -0.3 is 10.1 Å². The van der Waals surface area contributed by atoms with E-state index in [1.165, 1.54) is 18.2 Å². The van der Waals surface area contributed by atoms with Crippen molar-refractivity contribution in [3.63, 3.8) is 0 Å². The van der Waals surface area contributed by atoms with Gasteiger partial charge in [-0.05, 0) is 18.9 Å². The van der Waals surface area contributed by atoms with Crippen LogP contribution in [0.5, 0.6) is 0 Å². The summed E-state index contributed by atoms with van der Waals surface area (Å²) in [5.74, 6) is -3.28. The lowest BCUT2D eigenvalue weighted by atomic mass is 9.85. The molecule has 10 nitrogen and oxygen atoms in total. The topological polar surface area (TPSA) is 136 Å². The molecule has 1 aromatic rings. The first-order chi connectivity index (χ1) is 13.4. The first-order valence-corrected chi connectivity index (χ1v) is 8.57. The second kappa shape index (κ2) is 7.99. The van der Waals surface area contributed by atoms with Crippen molar-refractivity contribution in [2.45, 2.75) is 12.8 Å². The number of likely N-dealkylation sites (tertiary alicyclic amines) is 1. The maximum absolute atomic E-state index is 12.3. The number of nitrogens with one attached hydrogen (secondary N) is 1.